The van der Waals surface area contributed by atoms with Crippen molar-refractivity contribution >= 4 is 6.29 Å². The molecular weight excluding hydrogens is 152 g/mol. The monoisotopic (exact) mass is 168 g/mol. The average molecular weight is 168 g/mol. The van der Waals surface area contributed by atoms with Gasteiger partial charge in [0.2, 0.25) is 0 Å². The van der Waals surface area contributed by atoms with Crippen LogP contribution in [0.2, 0.25) is 0 Å². The van der Waals surface area contributed by atoms with E-state index in [4.69, 9.17) is 4.74 Å². The lowest BCUT2D eigenvalue weighted by Crippen LogP contribution is -2.23. The second kappa shape index (κ2) is 3.17. The third-order valence-electron chi connectivity index (χ3n) is 3.05. The summed E-state index contributed by atoms with van der Waals surface area (Å²) in [5.74, 6) is 0. The van der Waals surface area contributed by atoms with Crippen LogP contribution < -0.4 is 0 Å². The maximum absolute atomic E-state index is 10.7. The van der Waals surface area contributed by atoms with E-state index in [1.54, 1.807) is 0 Å². The van der Waals surface area contributed by atoms with E-state index >= 15 is 0 Å². The highest BCUT2D eigenvalue weighted by atomic mass is 16.5. The van der Waals surface area contributed by atoms with Gasteiger partial charge in [0.15, 0.2) is 0 Å². The molecule has 1 aliphatic heterocycles. The van der Waals surface area contributed by atoms with Gasteiger partial charge < -0.3 is 9.53 Å². The largest absolute Gasteiger partial charge is 0.378 e. The fraction of sp³-hybridized carbons (Fsp3) is 0.900. The number of rotatable bonds is 3. The summed E-state index contributed by atoms with van der Waals surface area (Å²) in [6.07, 6.45) is 8.33. The maximum atomic E-state index is 10.7. The van der Waals surface area contributed by atoms with Crippen LogP contribution in [0.3, 0.4) is 0 Å². The van der Waals surface area contributed by atoms with Gasteiger partial charge in [-0.1, -0.05) is 0 Å². The van der Waals surface area contributed by atoms with Crippen molar-refractivity contribution in [2.24, 2.45) is 5.41 Å². The van der Waals surface area contributed by atoms with Gasteiger partial charge in [-0.25, -0.2) is 0 Å². The van der Waals surface area contributed by atoms with Crippen molar-refractivity contribution < 1.29 is 9.53 Å². The average Bonchev–Trinajstić information content (AvgIpc) is 2.88. The zero-order chi connectivity index (χ0) is 8.44. The lowest BCUT2D eigenvalue weighted by atomic mass is 9.96. The number of carbonyl (C=O) groups excluding carboxylic acids is 1. The van der Waals surface area contributed by atoms with Crippen molar-refractivity contribution in [2.75, 3.05) is 6.61 Å². The first-order chi connectivity index (χ1) is 5.85. The Labute approximate surface area is 73.3 Å². The molecule has 0 radical (unpaired) electrons. The second-order valence-corrected chi connectivity index (χ2v) is 4.17. The van der Waals surface area contributed by atoms with Crippen LogP contribution in [-0.4, -0.2) is 19.0 Å². The summed E-state index contributed by atoms with van der Waals surface area (Å²) < 4.78 is 5.60. The van der Waals surface area contributed by atoms with Gasteiger partial charge in [0.25, 0.3) is 0 Å². The van der Waals surface area contributed by atoms with Crippen molar-refractivity contribution in [3.63, 3.8) is 0 Å². The fourth-order valence-electron chi connectivity index (χ4n) is 1.95. The standard InChI is InChI=1S/C10H16O2/c11-8-10(4-5-10)7-9-3-1-2-6-12-9/h8-9H,1-7H2. The first kappa shape index (κ1) is 8.24. The lowest BCUT2D eigenvalue weighted by molar-refractivity contribution is -0.114. The normalized spacial score (nSPS) is 32.8. The maximum Gasteiger partial charge on any atom is 0.126 e. The Morgan fingerprint density at radius 2 is 2.25 bits per heavy atom. The van der Waals surface area contributed by atoms with Gasteiger partial charge >= 0.3 is 0 Å². The molecule has 12 heavy (non-hydrogen) atoms. The molecule has 1 saturated carbocycles. The lowest BCUT2D eigenvalue weighted by Gasteiger charge is -2.24. The number of aldehydes is 1. The zero-order valence-electron chi connectivity index (χ0n) is 7.42. The third-order valence-corrected chi connectivity index (χ3v) is 3.05. The Hall–Kier alpha value is -0.370. The van der Waals surface area contributed by atoms with E-state index in [2.05, 4.69) is 0 Å². The molecule has 0 N–H and O–H groups in total. The highest BCUT2D eigenvalue weighted by Crippen LogP contribution is 2.48. The minimum absolute atomic E-state index is 0.0437. The van der Waals surface area contributed by atoms with Gasteiger partial charge in [-0.2, -0.15) is 0 Å². The molecule has 2 nitrogen and oxygen atoms in total. The molecule has 1 saturated heterocycles. The molecule has 2 heteroatoms. The first-order valence-electron chi connectivity index (χ1n) is 4.93. The highest BCUT2D eigenvalue weighted by molar-refractivity contribution is 5.63. The Bertz CT molecular complexity index is 167. The molecule has 2 rings (SSSR count). The molecule has 2 fully saturated rings. The number of carbonyl (C=O) groups is 1. The van der Waals surface area contributed by atoms with Gasteiger partial charge in [-0.15, -0.1) is 0 Å². The van der Waals surface area contributed by atoms with E-state index < -0.39 is 0 Å². The SMILES string of the molecule is O=CC1(CC2CCCCO2)CC1. The van der Waals surface area contributed by atoms with Gasteiger partial charge in [-0.05, 0) is 38.5 Å². The summed E-state index contributed by atoms with van der Waals surface area (Å²) in [7, 11) is 0. The summed E-state index contributed by atoms with van der Waals surface area (Å²) >= 11 is 0. The van der Waals surface area contributed by atoms with E-state index in [-0.39, 0.29) is 5.41 Å². The van der Waals surface area contributed by atoms with Gasteiger partial charge in [0.05, 0.1) is 6.10 Å². The predicted molar refractivity (Wildman–Crippen MR) is 45.9 cm³/mol. The Morgan fingerprint density at radius 3 is 2.75 bits per heavy atom. The molecule has 0 aromatic carbocycles. The van der Waals surface area contributed by atoms with E-state index in [0.29, 0.717) is 6.10 Å². The van der Waals surface area contributed by atoms with E-state index in [1.165, 1.54) is 12.8 Å². The molecule has 0 aromatic heterocycles. The minimum Gasteiger partial charge on any atom is -0.378 e. The molecule has 0 aromatic rings. The van der Waals surface area contributed by atoms with Crippen LogP contribution in [0.15, 0.2) is 0 Å². The Balaban J connectivity index is 1.81. The van der Waals surface area contributed by atoms with Crippen LogP contribution in [0.5, 0.6) is 0 Å². The van der Waals surface area contributed by atoms with Crippen LogP contribution in [0, 0.1) is 5.41 Å². The molecule has 1 atom stereocenters. The first-order valence-corrected chi connectivity index (χ1v) is 4.93. The fourth-order valence-corrected chi connectivity index (χ4v) is 1.95. The Morgan fingerprint density at radius 1 is 1.42 bits per heavy atom. The molecule has 1 heterocycles. The molecule has 68 valence electrons. The third kappa shape index (κ3) is 1.69. The summed E-state index contributed by atoms with van der Waals surface area (Å²) in [5, 5.41) is 0. The van der Waals surface area contributed by atoms with Crippen molar-refractivity contribution in [2.45, 2.75) is 44.6 Å². The molecule has 2 aliphatic rings. The molecule has 0 amide bonds. The molecule has 0 bridgehead atoms. The van der Waals surface area contributed by atoms with Gasteiger partial charge in [0, 0.05) is 12.0 Å². The Kier molecular flexibility index (Phi) is 2.18. The van der Waals surface area contributed by atoms with Crippen LogP contribution in [0.4, 0.5) is 0 Å². The smallest absolute Gasteiger partial charge is 0.126 e. The van der Waals surface area contributed by atoms with Crippen LogP contribution in [-0.2, 0) is 9.53 Å². The zero-order valence-corrected chi connectivity index (χ0v) is 7.42. The van der Waals surface area contributed by atoms with E-state index in [1.807, 2.05) is 0 Å². The molecule has 1 aliphatic carbocycles. The second-order valence-electron chi connectivity index (χ2n) is 4.17. The van der Waals surface area contributed by atoms with Gasteiger partial charge in [0.1, 0.15) is 6.29 Å². The van der Waals surface area contributed by atoms with Crippen molar-refractivity contribution in [3.05, 3.63) is 0 Å². The van der Waals surface area contributed by atoms with Crippen LogP contribution in [0.1, 0.15) is 38.5 Å². The quantitative estimate of drug-likeness (QED) is 0.602. The van der Waals surface area contributed by atoms with Crippen molar-refractivity contribution in [1.82, 2.24) is 0 Å². The van der Waals surface area contributed by atoms with E-state index in [0.717, 1.165) is 38.6 Å². The summed E-state index contributed by atoms with van der Waals surface area (Å²) in [5.41, 5.74) is 0.0437. The molecule has 0 spiro atoms. The highest BCUT2D eigenvalue weighted by Gasteiger charge is 2.44. The van der Waals surface area contributed by atoms with Crippen LogP contribution in [0.25, 0.3) is 0 Å². The predicted octanol–water partition coefficient (Wildman–Crippen LogP) is 1.92. The number of hydrogen-bond donors (Lipinski definition) is 0. The molecule has 1 unspecified atom stereocenters. The number of hydrogen-bond acceptors (Lipinski definition) is 2. The summed E-state index contributed by atoms with van der Waals surface area (Å²) in [6.45, 7) is 0.902. The van der Waals surface area contributed by atoms with Crippen molar-refractivity contribution in [3.8, 4) is 0 Å². The van der Waals surface area contributed by atoms with Gasteiger partial charge in [-0.3, -0.25) is 0 Å². The molecular formula is C10H16O2. The van der Waals surface area contributed by atoms with Crippen molar-refractivity contribution in [1.29, 1.82) is 0 Å². The topological polar surface area (TPSA) is 26.3 Å². The van der Waals surface area contributed by atoms with E-state index in [9.17, 15) is 4.79 Å². The van der Waals surface area contributed by atoms with Crippen LogP contribution >= 0.6 is 0 Å². The summed E-state index contributed by atoms with van der Waals surface area (Å²) in [6, 6.07) is 0. The minimum atomic E-state index is 0.0437. The summed E-state index contributed by atoms with van der Waals surface area (Å²) in [4.78, 5) is 10.7. The number of ether oxygens (including phenoxy) is 1.